The molecule has 1 aliphatic rings. The topological polar surface area (TPSA) is 9.23 Å². The van der Waals surface area contributed by atoms with Crippen molar-refractivity contribution in [1.29, 1.82) is 0 Å². The van der Waals surface area contributed by atoms with Crippen LogP contribution >= 0.6 is 0 Å². The summed E-state index contributed by atoms with van der Waals surface area (Å²) in [5, 5.41) is 0. The molecule has 9 aromatic rings. The van der Waals surface area contributed by atoms with Gasteiger partial charge in [-0.15, -0.1) is 0 Å². The predicted octanol–water partition coefficient (Wildman–Crippen LogP) is 15.6. The predicted molar refractivity (Wildman–Crippen MR) is 251 cm³/mol. The van der Waals surface area contributed by atoms with E-state index in [9.17, 15) is 0 Å². The minimum atomic E-state index is 0.293. The lowest BCUT2D eigenvalue weighted by Crippen LogP contribution is -2.05. The Hall–Kier alpha value is -7.48. The zero-order valence-electron chi connectivity index (χ0n) is 33.4. The Bertz CT molecular complexity index is 2850. The van der Waals surface area contributed by atoms with Gasteiger partial charge in [-0.05, 0) is 109 Å². The molecule has 286 valence electrons. The van der Waals surface area contributed by atoms with Gasteiger partial charge in [0.2, 0.25) is 0 Å². The Labute approximate surface area is 353 Å². The van der Waals surface area contributed by atoms with Crippen molar-refractivity contribution in [1.82, 2.24) is 0 Å². The van der Waals surface area contributed by atoms with Crippen LogP contribution in [0, 0.1) is 0 Å². The molecule has 1 heteroatoms. The number of hydrogen-bond donors (Lipinski definition) is 0. The highest BCUT2D eigenvalue weighted by Crippen LogP contribution is 2.48. The Balaban J connectivity index is 0.925. The van der Waals surface area contributed by atoms with E-state index in [-0.39, 0.29) is 0 Å². The molecule has 0 N–H and O–H groups in total. The van der Waals surface area contributed by atoms with Crippen molar-refractivity contribution in [2.24, 2.45) is 0 Å². The summed E-state index contributed by atoms with van der Waals surface area (Å²) in [6.07, 6.45) is 4.13. The van der Waals surface area contributed by atoms with Gasteiger partial charge >= 0.3 is 0 Å². The molecule has 0 saturated heterocycles. The summed E-state index contributed by atoms with van der Waals surface area (Å²) in [5.74, 6) is 2.02. The monoisotopic (exact) mass is 768 g/mol. The summed E-state index contributed by atoms with van der Waals surface area (Å²) in [6.45, 7) is 0. The third-order valence-corrected chi connectivity index (χ3v) is 11.8. The molecule has 0 bridgehead atoms. The van der Waals surface area contributed by atoms with Crippen LogP contribution in [0.1, 0.15) is 39.3 Å². The van der Waals surface area contributed by atoms with Crippen LogP contribution in [-0.2, 0) is 12.8 Å². The van der Waals surface area contributed by atoms with Gasteiger partial charge in [0.25, 0.3) is 0 Å². The highest BCUT2D eigenvalue weighted by atomic mass is 16.5. The van der Waals surface area contributed by atoms with Crippen molar-refractivity contribution in [2.45, 2.75) is 18.8 Å². The van der Waals surface area contributed by atoms with Crippen LogP contribution in [0.25, 0.3) is 56.2 Å². The number of ether oxygens (including phenoxy) is 1. The SMILES string of the molecule is C(=C(Cc1ccccc1)c1ccccc1)c1ccc(-c2ccc3c(c2)-c2ccccc2-c2cc(-c4ccc(CC(c5ccccc5)c5ccccc5)cc4)ccc2O3)cc1. The second-order valence-electron chi connectivity index (χ2n) is 15.7. The van der Waals surface area contributed by atoms with E-state index in [4.69, 9.17) is 4.74 Å². The summed E-state index contributed by atoms with van der Waals surface area (Å²) in [6, 6.07) is 83.0. The second-order valence-corrected chi connectivity index (χ2v) is 15.7. The standard InChI is InChI=1S/C59H44O/c1-5-15-42(16-6-1)37-52(45-17-7-2-8-18-45)38-43-25-29-46(30-26-43)50-33-35-58-56(40-50)53-23-13-14-24-54(53)57-41-51(34-36-59(57)60-58)47-31-27-44(28-32-47)39-55(48-19-9-3-10-20-48)49-21-11-4-12-22-49/h1-36,38,40-41,55H,37,39H2. The van der Waals surface area contributed by atoms with E-state index in [1.165, 1.54) is 66.8 Å². The Kier molecular flexibility index (Phi) is 10.3. The van der Waals surface area contributed by atoms with E-state index in [2.05, 4.69) is 237 Å². The van der Waals surface area contributed by atoms with Gasteiger partial charge in [-0.3, -0.25) is 0 Å². The average Bonchev–Trinajstić information content (AvgIpc) is 3.46. The second kappa shape index (κ2) is 16.8. The van der Waals surface area contributed by atoms with E-state index in [1.54, 1.807) is 0 Å². The third-order valence-electron chi connectivity index (χ3n) is 11.8. The van der Waals surface area contributed by atoms with Crippen LogP contribution in [0.5, 0.6) is 11.5 Å². The van der Waals surface area contributed by atoms with Crippen molar-refractivity contribution in [3.8, 4) is 56.0 Å². The Morgan fingerprint density at radius 2 is 0.833 bits per heavy atom. The number of allylic oxidation sites excluding steroid dienone is 1. The van der Waals surface area contributed by atoms with Crippen LogP contribution in [0.4, 0.5) is 0 Å². The lowest BCUT2D eigenvalue weighted by molar-refractivity contribution is 0.488. The number of rotatable bonds is 10. The maximum absolute atomic E-state index is 6.76. The lowest BCUT2D eigenvalue weighted by atomic mass is 9.85. The summed E-state index contributed by atoms with van der Waals surface area (Å²) in [4.78, 5) is 0. The zero-order chi connectivity index (χ0) is 40.1. The van der Waals surface area contributed by atoms with Gasteiger partial charge in [0, 0.05) is 17.0 Å². The number of benzene rings is 9. The van der Waals surface area contributed by atoms with E-state index < -0.39 is 0 Å². The first kappa shape index (κ1) is 36.8. The maximum Gasteiger partial charge on any atom is 0.135 e. The summed E-state index contributed by atoms with van der Waals surface area (Å²) < 4.78 is 6.76. The number of fused-ring (bicyclic) bond motifs is 5. The van der Waals surface area contributed by atoms with Crippen LogP contribution < -0.4 is 4.74 Å². The molecule has 0 unspecified atom stereocenters. The molecule has 9 aromatic carbocycles. The van der Waals surface area contributed by atoms with Gasteiger partial charge in [0.15, 0.2) is 0 Å². The van der Waals surface area contributed by atoms with Gasteiger partial charge in [-0.2, -0.15) is 0 Å². The minimum Gasteiger partial charge on any atom is -0.456 e. The smallest absolute Gasteiger partial charge is 0.135 e. The first-order chi connectivity index (χ1) is 29.7. The lowest BCUT2D eigenvalue weighted by Gasteiger charge is -2.19. The summed E-state index contributed by atoms with van der Waals surface area (Å²) >= 11 is 0. The van der Waals surface area contributed by atoms with Gasteiger partial charge < -0.3 is 4.74 Å². The molecule has 0 atom stereocenters. The van der Waals surface area contributed by atoms with E-state index in [0.29, 0.717) is 5.92 Å². The largest absolute Gasteiger partial charge is 0.456 e. The van der Waals surface area contributed by atoms with Crippen molar-refractivity contribution in [3.05, 3.63) is 264 Å². The van der Waals surface area contributed by atoms with Gasteiger partial charge in [0.05, 0.1) is 0 Å². The molecule has 0 amide bonds. The quantitative estimate of drug-likeness (QED) is 0.126. The minimum absolute atomic E-state index is 0.293. The fourth-order valence-corrected chi connectivity index (χ4v) is 8.63. The molecule has 0 spiro atoms. The van der Waals surface area contributed by atoms with Crippen LogP contribution in [0.2, 0.25) is 0 Å². The fourth-order valence-electron chi connectivity index (χ4n) is 8.63. The highest BCUT2D eigenvalue weighted by molar-refractivity contribution is 5.93. The molecule has 0 radical (unpaired) electrons. The highest BCUT2D eigenvalue weighted by Gasteiger charge is 2.22. The average molecular weight is 769 g/mol. The van der Waals surface area contributed by atoms with Gasteiger partial charge in [-0.25, -0.2) is 0 Å². The zero-order valence-corrected chi connectivity index (χ0v) is 33.4. The molecular weight excluding hydrogens is 725 g/mol. The van der Waals surface area contributed by atoms with Gasteiger partial charge in [0.1, 0.15) is 11.5 Å². The van der Waals surface area contributed by atoms with Crippen molar-refractivity contribution >= 4 is 11.6 Å². The normalized spacial score (nSPS) is 11.8. The molecule has 1 nitrogen and oxygen atoms in total. The molecule has 0 aliphatic carbocycles. The first-order valence-electron chi connectivity index (χ1n) is 20.9. The Morgan fingerprint density at radius 1 is 0.383 bits per heavy atom. The van der Waals surface area contributed by atoms with E-state index >= 15 is 0 Å². The van der Waals surface area contributed by atoms with Crippen molar-refractivity contribution in [2.75, 3.05) is 0 Å². The molecule has 0 fully saturated rings. The maximum atomic E-state index is 6.76. The van der Waals surface area contributed by atoms with Crippen molar-refractivity contribution in [3.63, 3.8) is 0 Å². The Morgan fingerprint density at radius 3 is 1.37 bits per heavy atom. The van der Waals surface area contributed by atoms with Crippen LogP contribution in [0.15, 0.2) is 231 Å². The molecule has 10 rings (SSSR count). The number of hydrogen-bond acceptors (Lipinski definition) is 1. The fraction of sp³-hybridized carbons (Fsp3) is 0.0508. The molecule has 60 heavy (non-hydrogen) atoms. The third kappa shape index (κ3) is 7.86. The van der Waals surface area contributed by atoms with Crippen LogP contribution in [-0.4, -0.2) is 0 Å². The molecular formula is C59H44O. The molecule has 0 aromatic heterocycles. The summed E-state index contributed by atoms with van der Waals surface area (Å²) in [7, 11) is 0. The first-order valence-corrected chi connectivity index (χ1v) is 20.9. The van der Waals surface area contributed by atoms with Crippen LogP contribution in [0.3, 0.4) is 0 Å². The molecule has 1 heterocycles. The molecule has 0 saturated carbocycles. The summed E-state index contributed by atoms with van der Waals surface area (Å²) in [5.41, 5.74) is 18.2. The van der Waals surface area contributed by atoms with E-state index in [1.807, 2.05) is 0 Å². The van der Waals surface area contributed by atoms with Crippen molar-refractivity contribution < 1.29 is 4.74 Å². The van der Waals surface area contributed by atoms with Gasteiger partial charge in [-0.1, -0.05) is 212 Å². The van der Waals surface area contributed by atoms with E-state index in [0.717, 1.165) is 41.0 Å². The molecule has 1 aliphatic heterocycles.